The van der Waals surface area contributed by atoms with E-state index in [1.54, 1.807) is 9.36 Å². The number of urea groups is 1. The Balaban J connectivity index is 1.30. The van der Waals surface area contributed by atoms with Crippen LogP contribution in [0.25, 0.3) is 28.0 Å². The molecule has 0 unspecified atom stereocenters. The lowest BCUT2D eigenvalue weighted by Gasteiger charge is -2.34. The predicted molar refractivity (Wildman–Crippen MR) is 167 cm³/mol. The summed E-state index contributed by atoms with van der Waals surface area (Å²) in [7, 11) is -1.15. The Bertz CT molecular complexity index is 1540. The maximum Gasteiger partial charge on any atom is 0.319 e. The number of anilines is 2. The van der Waals surface area contributed by atoms with Gasteiger partial charge in [-0.25, -0.2) is 14.5 Å². The summed E-state index contributed by atoms with van der Waals surface area (Å²) in [4.78, 5) is 19.6. The average Bonchev–Trinajstić information content (AvgIpc) is 3.47. The van der Waals surface area contributed by atoms with Gasteiger partial charge in [0.15, 0.2) is 11.5 Å². The lowest BCUT2D eigenvalue weighted by atomic mass is 10.0. The normalized spacial score (nSPS) is 17.5. The number of aromatic nitrogens is 5. The van der Waals surface area contributed by atoms with Gasteiger partial charge in [0.1, 0.15) is 12.5 Å². The van der Waals surface area contributed by atoms with Crippen molar-refractivity contribution >= 4 is 36.6 Å². The number of hydrogen-bond acceptors (Lipinski definition) is 7. The van der Waals surface area contributed by atoms with Crippen LogP contribution < -0.4 is 15.5 Å². The minimum absolute atomic E-state index is 0.165. The fourth-order valence-corrected chi connectivity index (χ4v) is 5.75. The van der Waals surface area contributed by atoms with E-state index in [0.29, 0.717) is 31.8 Å². The van der Waals surface area contributed by atoms with Crippen LogP contribution in [0, 0.1) is 0 Å². The van der Waals surface area contributed by atoms with Crippen LogP contribution in [0.1, 0.15) is 19.8 Å². The first-order valence-corrected chi connectivity index (χ1v) is 18.5. The van der Waals surface area contributed by atoms with Crippen LogP contribution in [-0.4, -0.2) is 77.1 Å². The number of nitrogens with one attached hydrogen (secondary N) is 2. The van der Waals surface area contributed by atoms with Gasteiger partial charge in [0.2, 0.25) is 0 Å². The van der Waals surface area contributed by atoms with Crippen molar-refractivity contribution in [2.75, 3.05) is 36.6 Å². The van der Waals surface area contributed by atoms with Crippen molar-refractivity contribution in [1.82, 2.24) is 29.9 Å². The second-order valence-corrected chi connectivity index (χ2v) is 18.1. The number of rotatable bonds is 10. The molecule has 1 atom stereocenters. The van der Waals surface area contributed by atoms with Gasteiger partial charge in [-0.15, -0.1) is 0 Å². The first-order valence-electron chi connectivity index (χ1n) is 14.8. The highest BCUT2D eigenvalue weighted by atomic mass is 28.3. The third-order valence-electron chi connectivity index (χ3n) is 7.62. The maximum atomic E-state index is 12.2. The summed E-state index contributed by atoms with van der Waals surface area (Å²) in [5.74, 6) is 1.56. The van der Waals surface area contributed by atoms with E-state index in [9.17, 15) is 4.79 Å². The molecule has 42 heavy (non-hydrogen) atoms. The highest BCUT2D eigenvalue weighted by Gasteiger charge is 2.25. The summed E-state index contributed by atoms with van der Waals surface area (Å²) in [5.41, 5.74) is 3.51. The molecule has 11 nitrogen and oxygen atoms in total. The molecule has 3 aromatic heterocycles. The molecular weight excluding hydrogens is 548 g/mol. The minimum atomic E-state index is -1.15. The van der Waals surface area contributed by atoms with Crippen molar-refractivity contribution in [3.8, 4) is 16.9 Å². The molecular formula is C30H40N8O3Si. The summed E-state index contributed by atoms with van der Waals surface area (Å²) in [6.07, 6.45) is 5.87. The Morgan fingerprint density at radius 3 is 2.69 bits per heavy atom. The van der Waals surface area contributed by atoms with Crippen LogP contribution in [0.5, 0.6) is 0 Å². The molecule has 2 N–H and O–H groups in total. The van der Waals surface area contributed by atoms with Crippen LogP contribution in [0.2, 0.25) is 25.7 Å². The first-order chi connectivity index (χ1) is 20.2. The molecule has 2 fully saturated rings. The number of morpholine rings is 1. The van der Waals surface area contributed by atoms with Crippen LogP contribution >= 0.6 is 0 Å². The van der Waals surface area contributed by atoms with Gasteiger partial charge in [-0.2, -0.15) is 14.9 Å². The number of amides is 2. The molecule has 1 aliphatic carbocycles. The van der Waals surface area contributed by atoms with Gasteiger partial charge in [0, 0.05) is 50.6 Å². The molecule has 4 aromatic rings. The predicted octanol–water partition coefficient (Wildman–Crippen LogP) is 5.11. The Morgan fingerprint density at radius 1 is 1.14 bits per heavy atom. The first kappa shape index (κ1) is 28.4. The Hall–Kier alpha value is -3.74. The number of benzene rings is 1. The summed E-state index contributed by atoms with van der Waals surface area (Å²) in [5, 5.41) is 16.3. The molecule has 4 heterocycles. The van der Waals surface area contributed by atoms with Gasteiger partial charge < -0.3 is 25.0 Å². The Kier molecular flexibility index (Phi) is 8.02. The van der Waals surface area contributed by atoms with Gasteiger partial charge in [-0.3, -0.25) is 0 Å². The largest absolute Gasteiger partial charge is 0.377 e. The fraction of sp³-hybridized carbons (Fsp3) is 0.467. The average molecular weight is 589 g/mol. The standard InChI is InChI=1S/C30H40N8O3Si/c1-21-19-40-14-13-37(21)28-17-25(22-5-7-23(8-6-22)32-30(39)33-24-9-10-24)26-18-31-38(29(26)34-28)27-11-12-36(35-27)20-41-15-16-42(2,3)4/h5-8,11-12,17-18,21,24H,9-10,13-16,19-20H2,1-4H3,(H2,32,33,39)/t21-/m1/s1. The van der Waals surface area contributed by atoms with E-state index in [0.717, 1.165) is 65.7 Å². The van der Waals surface area contributed by atoms with Crippen molar-refractivity contribution in [2.24, 2.45) is 0 Å². The quantitative estimate of drug-likeness (QED) is 0.196. The van der Waals surface area contributed by atoms with Gasteiger partial charge in [0.05, 0.1) is 25.5 Å². The Labute approximate surface area is 247 Å². The van der Waals surface area contributed by atoms with E-state index in [2.05, 4.69) is 48.2 Å². The van der Waals surface area contributed by atoms with Crippen molar-refractivity contribution in [2.45, 2.75) is 64.3 Å². The second-order valence-electron chi connectivity index (χ2n) is 12.5. The molecule has 0 bridgehead atoms. The van der Waals surface area contributed by atoms with Crippen LogP contribution in [0.15, 0.2) is 48.8 Å². The topological polar surface area (TPSA) is 111 Å². The van der Waals surface area contributed by atoms with Gasteiger partial charge in [-0.1, -0.05) is 31.8 Å². The summed E-state index contributed by atoms with van der Waals surface area (Å²) in [6, 6.07) is 13.4. The second kappa shape index (κ2) is 11.9. The number of carbonyl (C=O) groups is 1. The zero-order valence-electron chi connectivity index (χ0n) is 24.8. The lowest BCUT2D eigenvalue weighted by molar-refractivity contribution is 0.0785. The van der Waals surface area contributed by atoms with Crippen LogP contribution in [0.3, 0.4) is 0 Å². The molecule has 1 aliphatic heterocycles. The molecule has 222 valence electrons. The van der Waals surface area contributed by atoms with E-state index < -0.39 is 8.07 Å². The van der Waals surface area contributed by atoms with Crippen molar-refractivity contribution in [3.63, 3.8) is 0 Å². The molecule has 0 radical (unpaired) electrons. The van der Waals surface area contributed by atoms with Crippen molar-refractivity contribution < 1.29 is 14.3 Å². The molecule has 2 aliphatic rings. The van der Waals surface area contributed by atoms with E-state index in [1.165, 1.54) is 0 Å². The molecule has 1 aromatic carbocycles. The van der Waals surface area contributed by atoms with E-state index in [4.69, 9.17) is 24.7 Å². The number of ether oxygens (including phenoxy) is 2. The SMILES string of the molecule is C[C@@H]1COCCN1c1cc(-c2ccc(NC(=O)NC3CC3)cc2)c2cnn(-c3ccn(COCC[Si](C)(C)C)n3)c2n1. The summed E-state index contributed by atoms with van der Waals surface area (Å²) < 4.78 is 15.2. The smallest absolute Gasteiger partial charge is 0.319 e. The molecule has 12 heteroatoms. The molecule has 0 spiro atoms. The number of nitrogens with zero attached hydrogens (tertiary/aromatic N) is 6. The van der Waals surface area contributed by atoms with E-state index >= 15 is 0 Å². The van der Waals surface area contributed by atoms with Gasteiger partial charge in [-0.05, 0) is 55.1 Å². The third kappa shape index (κ3) is 6.66. The monoisotopic (exact) mass is 588 g/mol. The maximum absolute atomic E-state index is 12.2. The Morgan fingerprint density at radius 2 is 1.95 bits per heavy atom. The number of carbonyl (C=O) groups excluding carboxylic acids is 1. The number of pyridine rings is 1. The zero-order chi connectivity index (χ0) is 29.3. The van der Waals surface area contributed by atoms with Gasteiger partial charge >= 0.3 is 6.03 Å². The molecule has 6 rings (SSSR count). The van der Waals surface area contributed by atoms with Crippen molar-refractivity contribution in [1.29, 1.82) is 0 Å². The van der Waals surface area contributed by atoms with E-state index in [1.807, 2.05) is 42.7 Å². The fourth-order valence-electron chi connectivity index (χ4n) is 4.99. The highest BCUT2D eigenvalue weighted by molar-refractivity contribution is 6.76. The van der Waals surface area contributed by atoms with Gasteiger partial charge in [0.25, 0.3) is 0 Å². The van der Waals surface area contributed by atoms with Crippen LogP contribution in [0.4, 0.5) is 16.3 Å². The lowest BCUT2D eigenvalue weighted by Crippen LogP contribution is -2.44. The number of fused-ring (bicyclic) bond motifs is 1. The van der Waals surface area contributed by atoms with E-state index in [-0.39, 0.29) is 12.1 Å². The molecule has 1 saturated carbocycles. The summed E-state index contributed by atoms with van der Waals surface area (Å²) >= 11 is 0. The minimum Gasteiger partial charge on any atom is -0.377 e. The summed E-state index contributed by atoms with van der Waals surface area (Å²) in [6.45, 7) is 12.4. The number of hydrogen-bond donors (Lipinski definition) is 2. The zero-order valence-corrected chi connectivity index (χ0v) is 25.8. The third-order valence-corrected chi connectivity index (χ3v) is 9.32. The highest BCUT2D eigenvalue weighted by Crippen LogP contribution is 2.34. The molecule has 1 saturated heterocycles. The van der Waals surface area contributed by atoms with Crippen molar-refractivity contribution in [3.05, 3.63) is 48.8 Å². The van der Waals surface area contributed by atoms with Crippen LogP contribution in [-0.2, 0) is 16.2 Å². The molecule has 2 amide bonds.